The van der Waals surface area contributed by atoms with Crippen molar-refractivity contribution in [3.8, 4) is 0 Å². The molecule has 0 bridgehead atoms. The van der Waals surface area contributed by atoms with Crippen molar-refractivity contribution >= 4 is 57.0 Å². The zero-order valence-corrected chi connectivity index (χ0v) is 16.8. The van der Waals surface area contributed by atoms with Gasteiger partial charge in [0.2, 0.25) is 0 Å². The van der Waals surface area contributed by atoms with Gasteiger partial charge in [-0.1, -0.05) is 0 Å². The van der Waals surface area contributed by atoms with E-state index in [1.54, 1.807) is 48.5 Å². The van der Waals surface area contributed by atoms with E-state index in [4.69, 9.17) is 22.2 Å². The van der Waals surface area contributed by atoms with E-state index in [0.717, 1.165) is 5.69 Å². The van der Waals surface area contributed by atoms with Crippen LogP contribution in [0.15, 0.2) is 87.8 Å². The maximum absolute atomic E-state index is 12.8. The fourth-order valence-electron chi connectivity index (χ4n) is 3.14. The normalized spacial score (nSPS) is 18.1. The van der Waals surface area contributed by atoms with Crippen molar-refractivity contribution in [2.75, 3.05) is 17.2 Å². The molecule has 7 nitrogen and oxygen atoms in total. The van der Waals surface area contributed by atoms with E-state index in [2.05, 4.69) is 9.98 Å². The standard InChI is InChI=1S/C24H22N6O/c25-15-1-7-18(8-2-15)28-21-13-23(30-20-11-5-17(27)6-12-20)24(31)14-22(21)29-19-9-3-16(26)4-10-19/h1-12H,13-14,25-27H2. The number of nitrogens with two attached hydrogens (primary N) is 3. The van der Waals surface area contributed by atoms with E-state index in [1.807, 2.05) is 24.3 Å². The van der Waals surface area contributed by atoms with Gasteiger partial charge in [-0.3, -0.25) is 14.8 Å². The molecule has 1 aliphatic carbocycles. The molecule has 31 heavy (non-hydrogen) atoms. The topological polar surface area (TPSA) is 132 Å². The molecule has 4 rings (SSSR count). The van der Waals surface area contributed by atoms with Crippen LogP contribution in [-0.4, -0.2) is 22.9 Å². The number of carbonyl (C=O) groups excluding carboxylic acids is 1. The minimum absolute atomic E-state index is 0.0812. The average molecular weight is 410 g/mol. The molecule has 0 amide bonds. The molecule has 0 aromatic heterocycles. The molecule has 1 saturated carbocycles. The summed E-state index contributed by atoms with van der Waals surface area (Å²) in [7, 11) is 0. The summed E-state index contributed by atoms with van der Waals surface area (Å²) in [6.45, 7) is 0. The minimum Gasteiger partial charge on any atom is -0.399 e. The van der Waals surface area contributed by atoms with Gasteiger partial charge in [-0.05, 0) is 72.8 Å². The minimum atomic E-state index is -0.0812. The van der Waals surface area contributed by atoms with Crippen LogP contribution in [0.25, 0.3) is 0 Å². The third-order valence-corrected chi connectivity index (χ3v) is 4.79. The van der Waals surface area contributed by atoms with E-state index in [9.17, 15) is 4.79 Å². The Balaban J connectivity index is 1.73. The molecule has 0 heterocycles. The molecule has 7 heteroatoms. The predicted molar refractivity (Wildman–Crippen MR) is 128 cm³/mol. The molecule has 3 aromatic carbocycles. The van der Waals surface area contributed by atoms with Crippen LogP contribution in [0.5, 0.6) is 0 Å². The van der Waals surface area contributed by atoms with Gasteiger partial charge in [0.25, 0.3) is 0 Å². The highest BCUT2D eigenvalue weighted by molar-refractivity contribution is 6.62. The molecule has 6 N–H and O–H groups in total. The quantitative estimate of drug-likeness (QED) is 0.551. The zero-order chi connectivity index (χ0) is 21.8. The van der Waals surface area contributed by atoms with Gasteiger partial charge in [0.05, 0.1) is 40.6 Å². The molecular formula is C24H22N6O. The molecule has 0 radical (unpaired) electrons. The Labute approximate surface area is 180 Å². The third kappa shape index (κ3) is 5.02. The molecule has 0 aliphatic heterocycles. The van der Waals surface area contributed by atoms with Crippen molar-refractivity contribution < 1.29 is 4.79 Å². The van der Waals surface area contributed by atoms with Crippen molar-refractivity contribution in [3.63, 3.8) is 0 Å². The lowest BCUT2D eigenvalue weighted by Crippen LogP contribution is -2.33. The summed E-state index contributed by atoms with van der Waals surface area (Å²) in [4.78, 5) is 26.8. The van der Waals surface area contributed by atoms with Gasteiger partial charge in [0, 0.05) is 23.5 Å². The molecule has 1 aliphatic rings. The van der Waals surface area contributed by atoms with Gasteiger partial charge < -0.3 is 17.2 Å². The number of aliphatic imine (C=N–C) groups is 3. The Morgan fingerprint density at radius 2 is 0.806 bits per heavy atom. The van der Waals surface area contributed by atoms with E-state index >= 15 is 0 Å². The van der Waals surface area contributed by atoms with Gasteiger partial charge in [-0.15, -0.1) is 0 Å². The summed E-state index contributed by atoms with van der Waals surface area (Å²) in [5.74, 6) is -0.0812. The predicted octanol–water partition coefficient (Wildman–Crippen LogP) is 4.41. The first-order valence-electron chi connectivity index (χ1n) is 9.79. The summed E-state index contributed by atoms with van der Waals surface area (Å²) in [6.07, 6.45) is 0.396. The number of hydrogen-bond acceptors (Lipinski definition) is 7. The van der Waals surface area contributed by atoms with Gasteiger partial charge in [0.15, 0.2) is 5.78 Å². The average Bonchev–Trinajstić information content (AvgIpc) is 2.76. The lowest BCUT2D eigenvalue weighted by atomic mass is 9.92. The monoisotopic (exact) mass is 410 g/mol. The van der Waals surface area contributed by atoms with Crippen LogP contribution in [0.2, 0.25) is 0 Å². The van der Waals surface area contributed by atoms with Crippen LogP contribution < -0.4 is 17.2 Å². The molecular weight excluding hydrogens is 388 g/mol. The van der Waals surface area contributed by atoms with Crippen molar-refractivity contribution in [1.82, 2.24) is 0 Å². The van der Waals surface area contributed by atoms with Crippen molar-refractivity contribution in [2.24, 2.45) is 15.0 Å². The van der Waals surface area contributed by atoms with Crippen LogP contribution >= 0.6 is 0 Å². The van der Waals surface area contributed by atoms with Crippen LogP contribution in [0, 0.1) is 0 Å². The number of carbonyl (C=O) groups is 1. The van der Waals surface area contributed by atoms with Crippen LogP contribution in [-0.2, 0) is 4.79 Å². The van der Waals surface area contributed by atoms with Crippen LogP contribution in [0.4, 0.5) is 34.1 Å². The van der Waals surface area contributed by atoms with E-state index < -0.39 is 0 Å². The lowest BCUT2D eigenvalue weighted by molar-refractivity contribution is -0.112. The Hall–Kier alpha value is -4.26. The van der Waals surface area contributed by atoms with Gasteiger partial charge in [-0.2, -0.15) is 0 Å². The lowest BCUT2D eigenvalue weighted by Gasteiger charge is -2.18. The van der Waals surface area contributed by atoms with E-state index in [-0.39, 0.29) is 18.6 Å². The number of rotatable bonds is 3. The number of nitrogens with zero attached hydrogens (tertiary/aromatic N) is 3. The Morgan fingerprint density at radius 3 is 1.19 bits per heavy atom. The highest BCUT2D eigenvalue weighted by atomic mass is 16.1. The second-order valence-corrected chi connectivity index (χ2v) is 7.23. The Morgan fingerprint density at radius 1 is 0.484 bits per heavy atom. The molecule has 0 saturated heterocycles. The van der Waals surface area contributed by atoms with E-state index in [0.29, 0.717) is 45.6 Å². The Kier molecular flexibility index (Phi) is 5.57. The first kappa shape index (κ1) is 20.0. The number of hydrogen-bond donors (Lipinski definition) is 3. The first-order chi connectivity index (χ1) is 15.0. The zero-order valence-electron chi connectivity index (χ0n) is 16.8. The number of benzene rings is 3. The highest BCUT2D eigenvalue weighted by Crippen LogP contribution is 2.23. The number of nitrogen functional groups attached to an aromatic ring is 3. The third-order valence-electron chi connectivity index (χ3n) is 4.79. The summed E-state index contributed by atoms with van der Waals surface area (Å²) in [5.41, 5.74) is 23.1. The van der Waals surface area contributed by atoms with E-state index in [1.165, 1.54) is 0 Å². The number of ketones is 1. The molecule has 0 atom stereocenters. The van der Waals surface area contributed by atoms with Gasteiger partial charge >= 0.3 is 0 Å². The summed E-state index contributed by atoms with van der Waals surface area (Å²) >= 11 is 0. The highest BCUT2D eigenvalue weighted by Gasteiger charge is 2.27. The van der Waals surface area contributed by atoms with Crippen LogP contribution in [0.3, 0.4) is 0 Å². The van der Waals surface area contributed by atoms with Crippen molar-refractivity contribution in [2.45, 2.75) is 12.8 Å². The van der Waals surface area contributed by atoms with Crippen molar-refractivity contribution in [1.29, 1.82) is 0 Å². The summed E-state index contributed by atoms with van der Waals surface area (Å²) in [5, 5.41) is 0. The maximum atomic E-state index is 12.8. The second kappa shape index (κ2) is 8.62. The van der Waals surface area contributed by atoms with Crippen LogP contribution in [0.1, 0.15) is 12.8 Å². The SMILES string of the molecule is Nc1ccc(N=C2CC(=Nc3ccc(N)cc3)C(=Nc3ccc(N)cc3)CC2=O)cc1. The fourth-order valence-corrected chi connectivity index (χ4v) is 3.14. The molecule has 0 unspecified atom stereocenters. The first-order valence-corrected chi connectivity index (χ1v) is 9.79. The Bertz CT molecular complexity index is 1190. The molecule has 3 aromatic rings. The number of Topliss-reactive ketones (excluding diaryl/α,β-unsaturated/α-hetero) is 1. The summed E-state index contributed by atoms with van der Waals surface area (Å²) < 4.78 is 0. The molecule has 154 valence electrons. The maximum Gasteiger partial charge on any atom is 0.183 e. The molecule has 1 fully saturated rings. The fraction of sp³-hybridized carbons (Fsp3) is 0.0833. The van der Waals surface area contributed by atoms with Gasteiger partial charge in [-0.25, -0.2) is 4.99 Å². The smallest absolute Gasteiger partial charge is 0.183 e. The number of anilines is 3. The second-order valence-electron chi connectivity index (χ2n) is 7.23. The van der Waals surface area contributed by atoms with Crippen molar-refractivity contribution in [3.05, 3.63) is 72.8 Å². The summed E-state index contributed by atoms with van der Waals surface area (Å²) in [6, 6.07) is 21.5. The largest absolute Gasteiger partial charge is 0.399 e. The van der Waals surface area contributed by atoms with Gasteiger partial charge in [0.1, 0.15) is 0 Å². The molecule has 0 spiro atoms.